The Morgan fingerprint density at radius 2 is 0.568 bits per heavy atom. The van der Waals surface area contributed by atoms with Crippen molar-refractivity contribution in [3.8, 4) is 23.0 Å². The van der Waals surface area contributed by atoms with E-state index in [0.29, 0.717) is 37.2 Å². The molecule has 0 saturated heterocycles. The molecule has 2 unspecified atom stereocenters. The largest absolute Gasteiger partial charge is 0.506 e. The van der Waals surface area contributed by atoms with E-state index >= 15 is 0 Å². The van der Waals surface area contributed by atoms with Gasteiger partial charge in [0.1, 0.15) is 23.0 Å². The highest BCUT2D eigenvalue weighted by Gasteiger charge is 2.28. The van der Waals surface area contributed by atoms with Gasteiger partial charge < -0.3 is 67.7 Å². The first-order chi connectivity index (χ1) is 42.1. The molecule has 12 N–H and O–H groups in total. The lowest BCUT2D eigenvalue weighted by Crippen LogP contribution is -2.46. The Hall–Kier alpha value is -6.93. The second-order valence-electron chi connectivity index (χ2n) is 21.1. The summed E-state index contributed by atoms with van der Waals surface area (Å²) in [6.45, 7) is 1.61. The van der Waals surface area contributed by atoms with Gasteiger partial charge in [-0.15, -0.1) is 0 Å². The number of hydrogen-bond acceptors (Lipinski definition) is 17. The van der Waals surface area contributed by atoms with Gasteiger partial charge in [0.15, 0.2) is 0 Å². The van der Waals surface area contributed by atoms with E-state index < -0.39 is 76.2 Å². The fraction of sp³-hybridized carbons (Fsp3) is 0.431. The van der Waals surface area contributed by atoms with E-state index in [1.54, 1.807) is 0 Å². The van der Waals surface area contributed by atoms with E-state index in [9.17, 15) is 68.7 Å². The normalized spacial score (nSPS) is 20.7. The second-order valence-corrected chi connectivity index (χ2v) is 24.7. The van der Waals surface area contributed by atoms with Crippen molar-refractivity contribution in [2.24, 2.45) is 0 Å². The minimum absolute atomic E-state index is 0.00422. The van der Waals surface area contributed by atoms with Crippen molar-refractivity contribution in [3.05, 3.63) is 111 Å². The first-order valence-corrected chi connectivity index (χ1v) is 31.7. The molecular formula is C58H70Br4N12O14. The highest BCUT2D eigenvalue weighted by molar-refractivity contribution is 9.11. The minimum Gasteiger partial charge on any atom is -0.506 e. The summed E-state index contributed by atoms with van der Waals surface area (Å²) < 4.78 is 1.29. The van der Waals surface area contributed by atoms with Crippen LogP contribution in [-0.2, 0) is 4.79 Å². The quantitative estimate of drug-likeness (QED) is 0.123. The molecule has 88 heavy (non-hydrogen) atoms. The van der Waals surface area contributed by atoms with Gasteiger partial charge in [0, 0.05) is 162 Å². The molecule has 8 amide bonds. The molecule has 0 spiro atoms. The summed E-state index contributed by atoms with van der Waals surface area (Å²) in [6, 6.07) is 11.0. The zero-order valence-electron chi connectivity index (χ0n) is 48.0. The van der Waals surface area contributed by atoms with E-state index in [0.717, 1.165) is 0 Å². The molecular weight excluding hydrogens is 1410 g/mol. The molecule has 0 radical (unpaired) electrons. The highest BCUT2D eigenvalue weighted by atomic mass is 79.9. The Balaban J connectivity index is 1.35. The minimum atomic E-state index is -0.977. The fourth-order valence-corrected chi connectivity index (χ4v) is 12.0. The number of phenolic OH excluding ortho intramolecular Hbond substituents is 4. The van der Waals surface area contributed by atoms with Crippen LogP contribution < -0.4 is 37.2 Å². The van der Waals surface area contributed by atoms with Crippen molar-refractivity contribution in [2.75, 3.05) is 137 Å². The van der Waals surface area contributed by atoms with Gasteiger partial charge in [0.2, 0.25) is 0 Å². The van der Waals surface area contributed by atoms with Gasteiger partial charge in [-0.3, -0.25) is 62.8 Å². The number of nitrogens with zero attached hydrogens (tertiary/aromatic N) is 5. The molecule has 4 aromatic rings. The van der Waals surface area contributed by atoms with Gasteiger partial charge in [0.05, 0.1) is 44.5 Å². The molecule has 4 aromatic carbocycles. The Kier molecular flexibility index (Phi) is 25.7. The van der Waals surface area contributed by atoms with Gasteiger partial charge >= 0.3 is 5.97 Å². The first-order valence-electron chi connectivity index (χ1n) is 28.6. The number of benzene rings is 4. The number of carboxylic acid groups (broad SMARTS) is 1. The second kappa shape index (κ2) is 33.1. The lowest BCUT2D eigenvalue weighted by molar-refractivity contribution is -0.137. The number of unbranched alkanes of at least 4 members (excludes halogenated alkanes) is 2. The number of carboxylic acids is 1. The Morgan fingerprint density at radius 3 is 0.830 bits per heavy atom. The predicted octanol–water partition coefficient (Wildman–Crippen LogP) is 3.10. The molecule has 30 heteroatoms. The van der Waals surface area contributed by atoms with Gasteiger partial charge in [-0.1, -0.05) is 70.1 Å². The molecule has 4 aliphatic heterocycles. The summed E-state index contributed by atoms with van der Waals surface area (Å²) in [5.74, 6) is -8.83. The van der Waals surface area contributed by atoms with Crippen LogP contribution in [0.25, 0.3) is 0 Å². The summed E-state index contributed by atoms with van der Waals surface area (Å²) in [4.78, 5) is 133. The maximum Gasteiger partial charge on any atom is 0.303 e. The molecule has 2 atom stereocenters. The van der Waals surface area contributed by atoms with Gasteiger partial charge in [-0.05, 0) is 61.4 Å². The molecule has 12 bridgehead atoms. The van der Waals surface area contributed by atoms with Crippen LogP contribution in [0.15, 0.2) is 66.4 Å². The summed E-state index contributed by atoms with van der Waals surface area (Å²) in [6.07, 6.45) is 1.03. The molecule has 0 saturated carbocycles. The van der Waals surface area contributed by atoms with E-state index in [-0.39, 0.29) is 188 Å². The van der Waals surface area contributed by atoms with Crippen LogP contribution in [0.1, 0.15) is 109 Å². The average molecular weight is 1480 g/mol. The third-order valence-corrected chi connectivity index (χ3v) is 16.8. The molecule has 0 fully saturated rings. The van der Waals surface area contributed by atoms with Crippen molar-refractivity contribution in [1.29, 1.82) is 0 Å². The third kappa shape index (κ3) is 19.3. The standard InChI is InChI=1S/C58H70Br4N12O14/c59-34-26-38-47(77)40(28-34)54(84)66-8-17-72-18-9-67-55(85)41-29-35(60)27-39(48(41)78)52(82)64-6-14-70(13-5-63-51(38)81)20-21-71-15-7-65-53(83)42-30-36(61)31-43(49(42)79)56(86)69-11-19-73(23-22-72)24-25-74(12-3-1-2-4-46(75)76)58(88)45-33-37(62)32-44(50(45)80)57(87)68-10-16-71/h26-33,77-80H,1-25H2,(H,63,81)(H,64,82)(H,65,83)(H,66,84)(H,67,85)(H,68,87)(H,69,86)(H,75,76). The molecule has 0 aliphatic carbocycles. The average Bonchev–Trinajstić information content (AvgIpc) is 3.20. The lowest BCUT2D eigenvalue weighted by atomic mass is 10.1. The van der Waals surface area contributed by atoms with Crippen molar-refractivity contribution >= 4 is 117 Å². The number of hydrogen-bond donors (Lipinski definition) is 12. The van der Waals surface area contributed by atoms with Crippen LogP contribution in [0.3, 0.4) is 0 Å². The van der Waals surface area contributed by atoms with E-state index in [1.165, 1.54) is 53.4 Å². The number of aliphatic carboxylic acids is 1. The maximum atomic E-state index is 14.8. The third-order valence-electron chi connectivity index (χ3n) is 15.0. The van der Waals surface area contributed by atoms with Crippen LogP contribution in [0.4, 0.5) is 0 Å². The molecule has 4 aliphatic rings. The van der Waals surface area contributed by atoms with Crippen molar-refractivity contribution in [3.63, 3.8) is 0 Å². The monoisotopic (exact) mass is 1470 g/mol. The van der Waals surface area contributed by atoms with Crippen LogP contribution in [0, 0.1) is 0 Å². The van der Waals surface area contributed by atoms with Crippen molar-refractivity contribution < 1.29 is 68.7 Å². The van der Waals surface area contributed by atoms with Gasteiger partial charge in [-0.2, -0.15) is 0 Å². The summed E-state index contributed by atoms with van der Waals surface area (Å²) in [5.41, 5.74) is -1.57. The zero-order chi connectivity index (χ0) is 63.6. The molecule has 474 valence electrons. The van der Waals surface area contributed by atoms with Gasteiger partial charge in [-0.25, -0.2) is 0 Å². The maximum absolute atomic E-state index is 14.8. The summed E-state index contributed by atoms with van der Waals surface area (Å²) in [5, 5.41) is 75.4. The number of amides is 8. The van der Waals surface area contributed by atoms with Crippen LogP contribution in [-0.4, -0.2) is 241 Å². The molecule has 26 nitrogen and oxygen atoms in total. The highest BCUT2D eigenvalue weighted by Crippen LogP contribution is 2.32. The van der Waals surface area contributed by atoms with Crippen LogP contribution in [0.5, 0.6) is 23.0 Å². The Labute approximate surface area is 541 Å². The number of phenols is 4. The van der Waals surface area contributed by atoms with E-state index in [4.69, 9.17) is 0 Å². The first kappa shape index (κ1) is 68.6. The van der Waals surface area contributed by atoms with E-state index in [2.05, 4.69) is 101 Å². The molecule has 8 rings (SSSR count). The number of nitrogens with one attached hydrogen (secondary N) is 7. The van der Waals surface area contributed by atoms with Crippen molar-refractivity contribution in [1.82, 2.24) is 61.7 Å². The topological polar surface area (TPSA) is 355 Å². The number of rotatable bonds is 6. The SMILES string of the molecule is O=C(O)CCCCCN1CCN2CCNC(=O)c3cc(Br)cc(c3O)C(=O)NCCN(CCNC(=O)c3cc(Br)cc(c3O)C1=O)CCN1CCNC(=O)c3cc(Br)cc(c3O)C(=O)NCCN(CCNC(=O)c3cc(Br)cc(c3O)C(=O)NCC1)CC2. The Morgan fingerprint density at radius 1 is 0.341 bits per heavy atom. The zero-order valence-corrected chi connectivity index (χ0v) is 54.3. The smallest absolute Gasteiger partial charge is 0.303 e. The lowest BCUT2D eigenvalue weighted by Gasteiger charge is -2.31. The number of carbonyl (C=O) groups excluding carboxylic acids is 8. The van der Waals surface area contributed by atoms with Crippen LogP contribution in [0.2, 0.25) is 0 Å². The number of aromatic hydroxyl groups is 4. The predicted molar refractivity (Wildman–Crippen MR) is 337 cm³/mol. The van der Waals surface area contributed by atoms with Crippen LogP contribution >= 0.6 is 63.7 Å². The number of fused-ring (bicyclic) bond motifs is 16. The van der Waals surface area contributed by atoms with Gasteiger partial charge in [0.25, 0.3) is 47.3 Å². The van der Waals surface area contributed by atoms with E-state index in [1.807, 2.05) is 19.6 Å². The number of carbonyl (C=O) groups is 9. The Bertz CT molecular complexity index is 3190. The summed E-state index contributed by atoms with van der Waals surface area (Å²) >= 11 is 13.6. The molecule has 0 aromatic heterocycles. The molecule has 4 heterocycles. The fourth-order valence-electron chi connectivity index (χ4n) is 10.1. The number of halogens is 4. The summed E-state index contributed by atoms with van der Waals surface area (Å²) in [7, 11) is 0. The van der Waals surface area contributed by atoms with Crippen molar-refractivity contribution in [2.45, 2.75) is 25.7 Å².